The van der Waals surface area contributed by atoms with Gasteiger partial charge in [0.05, 0.1) is 35.2 Å². The Morgan fingerprint density at radius 1 is 1.21 bits per heavy atom. The van der Waals surface area contributed by atoms with E-state index in [4.69, 9.17) is 10.2 Å². The van der Waals surface area contributed by atoms with Crippen molar-refractivity contribution in [3.8, 4) is 0 Å². The van der Waals surface area contributed by atoms with Crippen LogP contribution in [0.5, 0.6) is 0 Å². The number of nitrogens with two attached hydrogens (primary N) is 1. The van der Waals surface area contributed by atoms with Crippen molar-refractivity contribution in [2.24, 2.45) is 0 Å². The van der Waals surface area contributed by atoms with Crippen LogP contribution >= 0.6 is 0 Å². The fraction of sp³-hybridized carbons (Fsp3) is 0.500. The van der Waals surface area contributed by atoms with E-state index in [1.54, 1.807) is 0 Å². The molecule has 0 spiro atoms. The van der Waals surface area contributed by atoms with Crippen molar-refractivity contribution in [2.75, 3.05) is 10.6 Å². The molecule has 1 aliphatic carbocycles. The van der Waals surface area contributed by atoms with Gasteiger partial charge in [-0.05, 0) is 62.2 Å². The normalized spacial score (nSPS) is 20.6. The molecule has 0 unspecified atom stereocenters. The lowest BCUT2D eigenvalue weighted by atomic mass is 10.1. The van der Waals surface area contributed by atoms with E-state index in [-0.39, 0.29) is 11.1 Å². The summed E-state index contributed by atoms with van der Waals surface area (Å²) in [6.45, 7) is 13.6. The molecule has 150 valence electrons. The van der Waals surface area contributed by atoms with Gasteiger partial charge in [0, 0.05) is 11.6 Å². The molecular weight excluding hydrogens is 364 g/mol. The first kappa shape index (κ1) is 19.1. The summed E-state index contributed by atoms with van der Waals surface area (Å²) in [4.78, 5) is 2.21. The maximum atomic E-state index is 6.63. The lowest BCUT2D eigenvalue weighted by Gasteiger charge is -2.41. The maximum absolute atomic E-state index is 6.63. The van der Waals surface area contributed by atoms with Gasteiger partial charge in [-0.3, -0.25) is 4.68 Å². The molecule has 2 aromatic rings. The largest absolute Gasteiger partial charge is 0.545 e. The molecule has 28 heavy (non-hydrogen) atoms. The molecule has 1 aliphatic heterocycles. The Morgan fingerprint density at radius 2 is 1.93 bits per heavy atom. The second-order valence-electron chi connectivity index (χ2n) is 9.65. The number of anilines is 2. The van der Waals surface area contributed by atoms with Crippen LogP contribution in [-0.2, 0) is 4.43 Å². The van der Waals surface area contributed by atoms with Crippen molar-refractivity contribution in [3.63, 3.8) is 0 Å². The van der Waals surface area contributed by atoms with Crippen molar-refractivity contribution in [3.05, 3.63) is 42.4 Å². The summed E-state index contributed by atoms with van der Waals surface area (Å²) in [6.07, 6.45) is 10.6. The highest BCUT2D eigenvalue weighted by atomic mass is 28.4. The lowest BCUT2D eigenvalue weighted by Crippen LogP contribution is -2.44. The van der Waals surface area contributed by atoms with E-state index in [1.165, 1.54) is 12.8 Å². The van der Waals surface area contributed by atoms with Crippen LogP contribution < -0.4 is 10.6 Å². The third kappa shape index (κ3) is 3.24. The maximum Gasteiger partial charge on any atom is 0.250 e. The zero-order valence-corrected chi connectivity index (χ0v) is 18.9. The number of nitrogen functional groups attached to an aromatic ring is 1. The Bertz CT molecular complexity index is 963. The van der Waals surface area contributed by atoms with Crippen molar-refractivity contribution in [2.45, 2.75) is 70.8 Å². The van der Waals surface area contributed by atoms with E-state index < -0.39 is 8.32 Å². The number of aromatic nitrogens is 2. The Balaban J connectivity index is 1.64. The number of benzene rings is 1. The van der Waals surface area contributed by atoms with Crippen LogP contribution in [0.25, 0.3) is 10.9 Å². The average molecular weight is 397 g/mol. The van der Waals surface area contributed by atoms with Gasteiger partial charge in [0.2, 0.25) is 8.32 Å². The van der Waals surface area contributed by atoms with Crippen LogP contribution in [0.15, 0.2) is 42.4 Å². The summed E-state index contributed by atoms with van der Waals surface area (Å²) in [5.74, 6) is 1.02. The highest BCUT2D eigenvalue weighted by Gasteiger charge is 2.40. The molecule has 0 radical (unpaired) electrons. The standard InChI is InChI=1S/C22H32N4OSi/c1-15-21(27-28(5,6)22(2,3)4)8-7-11-25(15)20-12-16-14-24-26(17-9-10-17)19(16)13-18(20)23/h7-8,11-15,17H,9-10,23H2,1-6H3/t15-/m0/s1. The molecule has 2 aliphatic rings. The smallest absolute Gasteiger partial charge is 0.250 e. The molecule has 5 nitrogen and oxygen atoms in total. The second kappa shape index (κ2) is 6.41. The van der Waals surface area contributed by atoms with Gasteiger partial charge in [-0.1, -0.05) is 20.8 Å². The summed E-state index contributed by atoms with van der Waals surface area (Å²) in [6, 6.07) is 4.87. The van der Waals surface area contributed by atoms with Crippen LogP contribution in [0, 0.1) is 0 Å². The van der Waals surface area contributed by atoms with Gasteiger partial charge in [-0.2, -0.15) is 5.10 Å². The lowest BCUT2D eigenvalue weighted by molar-refractivity contribution is 0.353. The average Bonchev–Trinajstić information content (AvgIpc) is 3.36. The van der Waals surface area contributed by atoms with Crippen molar-refractivity contribution in [1.82, 2.24) is 9.78 Å². The Hall–Kier alpha value is -2.21. The summed E-state index contributed by atoms with van der Waals surface area (Å²) in [7, 11) is -1.90. The molecule has 6 heteroatoms. The van der Waals surface area contributed by atoms with E-state index >= 15 is 0 Å². The molecule has 1 saturated carbocycles. The van der Waals surface area contributed by atoms with Crippen LogP contribution in [0.4, 0.5) is 11.4 Å². The summed E-state index contributed by atoms with van der Waals surface area (Å²) in [5, 5.41) is 5.89. The van der Waals surface area contributed by atoms with Gasteiger partial charge in [-0.15, -0.1) is 0 Å². The first-order valence-corrected chi connectivity index (χ1v) is 13.1. The van der Waals surface area contributed by atoms with E-state index in [2.05, 4.69) is 86.0 Å². The van der Waals surface area contributed by atoms with E-state index in [1.807, 2.05) is 6.20 Å². The van der Waals surface area contributed by atoms with Crippen molar-refractivity contribution in [1.29, 1.82) is 0 Å². The molecule has 0 saturated heterocycles. The highest BCUT2D eigenvalue weighted by molar-refractivity contribution is 6.74. The molecule has 4 rings (SSSR count). The number of hydrogen-bond acceptors (Lipinski definition) is 4. The molecule has 0 bridgehead atoms. The summed E-state index contributed by atoms with van der Waals surface area (Å²) < 4.78 is 8.75. The molecule has 1 fully saturated rings. The monoisotopic (exact) mass is 396 g/mol. The second-order valence-corrected chi connectivity index (χ2v) is 14.4. The summed E-state index contributed by atoms with van der Waals surface area (Å²) in [5.41, 5.74) is 9.42. The number of allylic oxidation sites excluding steroid dienone is 2. The first-order chi connectivity index (χ1) is 13.1. The van der Waals surface area contributed by atoms with Crippen LogP contribution in [-0.4, -0.2) is 24.1 Å². The Kier molecular flexibility index (Phi) is 4.37. The van der Waals surface area contributed by atoms with Gasteiger partial charge >= 0.3 is 0 Å². The highest BCUT2D eigenvalue weighted by Crippen LogP contribution is 2.41. The fourth-order valence-corrected chi connectivity index (χ4v) is 4.56. The van der Waals surface area contributed by atoms with Crippen molar-refractivity contribution >= 4 is 30.6 Å². The van der Waals surface area contributed by atoms with Gasteiger partial charge in [0.1, 0.15) is 5.76 Å². The predicted molar refractivity (Wildman–Crippen MR) is 120 cm³/mol. The van der Waals surface area contributed by atoms with Gasteiger partial charge in [-0.25, -0.2) is 0 Å². The Labute approximate surface area is 169 Å². The predicted octanol–water partition coefficient (Wildman–Crippen LogP) is 5.58. The van der Waals surface area contributed by atoms with E-state index in [0.717, 1.165) is 28.0 Å². The Morgan fingerprint density at radius 3 is 2.57 bits per heavy atom. The van der Waals surface area contributed by atoms with Gasteiger partial charge < -0.3 is 15.1 Å². The van der Waals surface area contributed by atoms with Crippen LogP contribution in [0.2, 0.25) is 18.1 Å². The topological polar surface area (TPSA) is 56.3 Å². The molecule has 1 aromatic carbocycles. The minimum absolute atomic E-state index is 0.0948. The zero-order valence-electron chi connectivity index (χ0n) is 17.9. The van der Waals surface area contributed by atoms with Crippen LogP contribution in [0.3, 0.4) is 0 Å². The van der Waals surface area contributed by atoms with E-state index in [0.29, 0.717) is 6.04 Å². The quantitative estimate of drug-likeness (QED) is 0.541. The number of fused-ring (bicyclic) bond motifs is 1. The zero-order chi connectivity index (χ0) is 20.3. The number of nitrogens with zero attached hydrogens (tertiary/aromatic N) is 3. The molecule has 1 aromatic heterocycles. The molecular formula is C22H32N4OSi. The van der Waals surface area contributed by atoms with Crippen molar-refractivity contribution < 1.29 is 4.43 Å². The van der Waals surface area contributed by atoms with Gasteiger partial charge in [0.15, 0.2) is 0 Å². The minimum Gasteiger partial charge on any atom is -0.545 e. The molecule has 0 amide bonds. The van der Waals surface area contributed by atoms with E-state index in [9.17, 15) is 0 Å². The molecule has 2 N–H and O–H groups in total. The number of hydrogen-bond donors (Lipinski definition) is 1. The first-order valence-electron chi connectivity index (χ1n) is 10.2. The number of rotatable bonds is 4. The minimum atomic E-state index is -1.90. The summed E-state index contributed by atoms with van der Waals surface area (Å²) >= 11 is 0. The van der Waals surface area contributed by atoms with Crippen LogP contribution in [0.1, 0.15) is 46.6 Å². The fourth-order valence-electron chi connectivity index (χ4n) is 3.42. The molecule has 1 atom stereocenters. The third-order valence-electron chi connectivity index (χ3n) is 6.43. The SMILES string of the molecule is C[C@H]1C(O[Si](C)(C)C(C)(C)C)=CC=CN1c1cc2cnn(C3CC3)c2cc1N. The molecule has 2 heterocycles. The van der Waals surface area contributed by atoms with Gasteiger partial charge in [0.25, 0.3) is 0 Å². The third-order valence-corrected chi connectivity index (χ3v) is 10.8.